The van der Waals surface area contributed by atoms with Crippen LogP contribution >= 0.6 is 0 Å². The monoisotopic (exact) mass is 254 g/mol. The van der Waals surface area contributed by atoms with Gasteiger partial charge >= 0.3 is 0 Å². The lowest BCUT2D eigenvalue weighted by Crippen LogP contribution is -2.27. The van der Waals surface area contributed by atoms with Gasteiger partial charge in [0.2, 0.25) is 0 Å². The van der Waals surface area contributed by atoms with Crippen molar-refractivity contribution in [2.24, 2.45) is 0 Å². The van der Waals surface area contributed by atoms with E-state index in [0.29, 0.717) is 19.8 Å². The molecule has 4 nitrogen and oxygen atoms in total. The summed E-state index contributed by atoms with van der Waals surface area (Å²) in [7, 11) is 0. The van der Waals surface area contributed by atoms with Gasteiger partial charge in [-0.2, -0.15) is 0 Å². The van der Waals surface area contributed by atoms with Gasteiger partial charge in [0.1, 0.15) is 5.82 Å². The van der Waals surface area contributed by atoms with Crippen LogP contribution in [0.15, 0.2) is 18.2 Å². The second-order valence-corrected chi connectivity index (χ2v) is 4.00. The Morgan fingerprint density at radius 3 is 2.83 bits per heavy atom. The van der Waals surface area contributed by atoms with Crippen LogP contribution < -0.4 is 11.1 Å². The first-order chi connectivity index (χ1) is 8.63. The van der Waals surface area contributed by atoms with Gasteiger partial charge in [-0.25, -0.2) is 4.39 Å². The third kappa shape index (κ3) is 5.14. The van der Waals surface area contributed by atoms with Crippen LogP contribution in [-0.2, 0) is 4.74 Å². The fourth-order valence-electron chi connectivity index (χ4n) is 1.43. The van der Waals surface area contributed by atoms with Crippen LogP contribution in [0.3, 0.4) is 0 Å². The standard InChI is InChI=1S/C13H19FN2O2/c1-2-3-5-18-6-4-16-13(17)10-7-11(14)9-12(15)8-10/h7-9H,2-6,15H2,1H3,(H,16,17). The normalized spacial score (nSPS) is 10.3. The van der Waals surface area contributed by atoms with Crippen molar-refractivity contribution in [2.45, 2.75) is 19.8 Å². The van der Waals surface area contributed by atoms with Crippen LogP contribution in [0.2, 0.25) is 0 Å². The van der Waals surface area contributed by atoms with Crippen molar-refractivity contribution in [1.82, 2.24) is 5.32 Å². The molecule has 18 heavy (non-hydrogen) atoms. The van der Waals surface area contributed by atoms with Gasteiger partial charge in [0.05, 0.1) is 6.61 Å². The zero-order chi connectivity index (χ0) is 13.4. The zero-order valence-electron chi connectivity index (χ0n) is 10.5. The Bertz CT molecular complexity index is 376. The second-order valence-electron chi connectivity index (χ2n) is 4.00. The van der Waals surface area contributed by atoms with E-state index in [9.17, 15) is 9.18 Å². The van der Waals surface area contributed by atoms with Crippen molar-refractivity contribution >= 4 is 11.6 Å². The maximum absolute atomic E-state index is 13.0. The lowest BCUT2D eigenvalue weighted by molar-refractivity contribution is 0.0912. The number of amides is 1. The van der Waals surface area contributed by atoms with E-state index in [2.05, 4.69) is 12.2 Å². The highest BCUT2D eigenvalue weighted by atomic mass is 19.1. The summed E-state index contributed by atoms with van der Waals surface area (Å²) in [5.41, 5.74) is 5.92. The first-order valence-corrected chi connectivity index (χ1v) is 6.05. The van der Waals surface area contributed by atoms with Gasteiger partial charge in [-0.3, -0.25) is 4.79 Å². The average Bonchev–Trinajstić information content (AvgIpc) is 2.32. The summed E-state index contributed by atoms with van der Waals surface area (Å²) in [6.45, 7) is 3.63. The maximum atomic E-state index is 13.0. The molecule has 0 aliphatic carbocycles. The minimum atomic E-state index is -0.514. The number of rotatable bonds is 7. The quantitative estimate of drug-likeness (QED) is 0.577. The van der Waals surface area contributed by atoms with E-state index >= 15 is 0 Å². The molecule has 0 aliphatic heterocycles. The summed E-state index contributed by atoms with van der Waals surface area (Å²) in [4.78, 5) is 11.6. The molecule has 1 aromatic rings. The van der Waals surface area contributed by atoms with Crippen LogP contribution in [-0.4, -0.2) is 25.7 Å². The van der Waals surface area contributed by atoms with Gasteiger partial charge in [0.25, 0.3) is 5.91 Å². The molecular weight excluding hydrogens is 235 g/mol. The van der Waals surface area contributed by atoms with Gasteiger partial charge in [-0.1, -0.05) is 13.3 Å². The fourth-order valence-corrected chi connectivity index (χ4v) is 1.43. The number of ether oxygens (including phenoxy) is 1. The van der Waals surface area contributed by atoms with E-state index in [0.717, 1.165) is 18.9 Å². The van der Waals surface area contributed by atoms with E-state index in [1.807, 2.05) is 0 Å². The van der Waals surface area contributed by atoms with E-state index in [1.54, 1.807) is 0 Å². The molecular formula is C13H19FN2O2. The summed E-state index contributed by atoms with van der Waals surface area (Å²) in [5, 5.41) is 2.64. The molecule has 0 aromatic heterocycles. The SMILES string of the molecule is CCCCOCCNC(=O)c1cc(N)cc(F)c1. The average molecular weight is 254 g/mol. The number of nitrogen functional groups attached to an aromatic ring is 1. The highest BCUT2D eigenvalue weighted by molar-refractivity contribution is 5.95. The number of nitrogens with two attached hydrogens (primary N) is 1. The van der Waals surface area contributed by atoms with Crippen molar-refractivity contribution in [3.63, 3.8) is 0 Å². The molecule has 0 saturated heterocycles. The lowest BCUT2D eigenvalue weighted by atomic mass is 10.2. The predicted octanol–water partition coefficient (Wildman–Crippen LogP) is 1.95. The topological polar surface area (TPSA) is 64.3 Å². The molecule has 1 aromatic carbocycles. The molecule has 100 valence electrons. The molecule has 0 aliphatic rings. The number of hydrogen-bond donors (Lipinski definition) is 2. The number of hydrogen-bond acceptors (Lipinski definition) is 3. The summed E-state index contributed by atoms with van der Waals surface area (Å²) in [6, 6.07) is 3.77. The molecule has 0 saturated carbocycles. The molecule has 3 N–H and O–H groups in total. The molecule has 0 unspecified atom stereocenters. The molecule has 1 rings (SSSR count). The summed E-state index contributed by atoms with van der Waals surface area (Å²) < 4.78 is 18.3. The van der Waals surface area contributed by atoms with E-state index in [-0.39, 0.29) is 17.2 Å². The Hall–Kier alpha value is -1.62. The summed E-state index contributed by atoms with van der Waals surface area (Å²) >= 11 is 0. The Labute approximate surface area is 106 Å². The lowest BCUT2D eigenvalue weighted by Gasteiger charge is -2.07. The number of benzene rings is 1. The number of halogens is 1. The summed E-state index contributed by atoms with van der Waals surface area (Å²) in [6.07, 6.45) is 2.09. The molecule has 0 fully saturated rings. The predicted molar refractivity (Wildman–Crippen MR) is 68.9 cm³/mol. The van der Waals surface area contributed by atoms with E-state index < -0.39 is 5.82 Å². The van der Waals surface area contributed by atoms with Gasteiger partial charge in [0.15, 0.2) is 0 Å². The second kappa shape index (κ2) is 7.66. The van der Waals surface area contributed by atoms with Crippen molar-refractivity contribution in [3.8, 4) is 0 Å². The smallest absolute Gasteiger partial charge is 0.251 e. The van der Waals surface area contributed by atoms with Gasteiger partial charge in [-0.15, -0.1) is 0 Å². The number of carbonyl (C=O) groups is 1. The van der Waals surface area contributed by atoms with Gasteiger partial charge in [0, 0.05) is 24.4 Å². The zero-order valence-corrected chi connectivity index (χ0v) is 10.5. The van der Waals surface area contributed by atoms with Crippen LogP contribution in [0.25, 0.3) is 0 Å². The van der Waals surface area contributed by atoms with Gasteiger partial charge in [-0.05, 0) is 24.6 Å². The van der Waals surface area contributed by atoms with Gasteiger partial charge < -0.3 is 15.8 Å². The van der Waals surface area contributed by atoms with Crippen molar-refractivity contribution in [3.05, 3.63) is 29.6 Å². The Kier molecular flexibility index (Phi) is 6.14. The molecule has 0 atom stereocenters. The molecule has 1 amide bonds. The van der Waals surface area contributed by atoms with Crippen LogP contribution in [0, 0.1) is 5.82 Å². The van der Waals surface area contributed by atoms with Crippen LogP contribution in [0.4, 0.5) is 10.1 Å². The Morgan fingerprint density at radius 2 is 2.17 bits per heavy atom. The maximum Gasteiger partial charge on any atom is 0.251 e. The number of unbranched alkanes of at least 4 members (excludes halogenated alkanes) is 1. The minimum Gasteiger partial charge on any atom is -0.399 e. The number of nitrogens with one attached hydrogen (secondary N) is 1. The fraction of sp³-hybridized carbons (Fsp3) is 0.462. The highest BCUT2D eigenvalue weighted by Gasteiger charge is 2.07. The van der Waals surface area contributed by atoms with Crippen LogP contribution in [0.5, 0.6) is 0 Å². The van der Waals surface area contributed by atoms with Crippen molar-refractivity contribution in [1.29, 1.82) is 0 Å². The third-order valence-electron chi connectivity index (χ3n) is 2.36. The molecule has 0 bridgehead atoms. The first-order valence-electron chi connectivity index (χ1n) is 6.05. The Balaban J connectivity index is 2.32. The first kappa shape index (κ1) is 14.4. The number of anilines is 1. The third-order valence-corrected chi connectivity index (χ3v) is 2.36. The van der Waals surface area contributed by atoms with E-state index in [4.69, 9.17) is 10.5 Å². The van der Waals surface area contributed by atoms with Crippen LogP contribution in [0.1, 0.15) is 30.1 Å². The molecule has 0 heterocycles. The van der Waals surface area contributed by atoms with E-state index in [1.165, 1.54) is 12.1 Å². The largest absolute Gasteiger partial charge is 0.399 e. The minimum absolute atomic E-state index is 0.223. The molecule has 5 heteroatoms. The summed E-state index contributed by atoms with van der Waals surface area (Å²) in [5.74, 6) is -0.861. The van der Waals surface area contributed by atoms with Crippen molar-refractivity contribution < 1.29 is 13.9 Å². The molecule has 0 radical (unpaired) electrons. The Morgan fingerprint density at radius 1 is 1.39 bits per heavy atom. The highest BCUT2D eigenvalue weighted by Crippen LogP contribution is 2.10. The molecule has 0 spiro atoms. The van der Waals surface area contributed by atoms with Crippen molar-refractivity contribution in [2.75, 3.05) is 25.5 Å². The number of carbonyl (C=O) groups excluding carboxylic acids is 1.